The van der Waals surface area contributed by atoms with Crippen LogP contribution in [-0.4, -0.2) is 41.3 Å². The summed E-state index contributed by atoms with van der Waals surface area (Å²) in [6.45, 7) is 3.91. The first-order valence-corrected chi connectivity index (χ1v) is 6.24. The Kier molecular flexibility index (Phi) is 5.85. The summed E-state index contributed by atoms with van der Waals surface area (Å²) < 4.78 is 6.59. The van der Waals surface area contributed by atoms with Crippen molar-refractivity contribution < 1.29 is 19.4 Å². The number of amides is 1. The Labute approximate surface area is 116 Å². The van der Waals surface area contributed by atoms with Crippen molar-refractivity contribution >= 4 is 23.5 Å². The molecule has 1 rings (SSSR count). The van der Waals surface area contributed by atoms with E-state index in [1.807, 2.05) is 13.8 Å². The van der Waals surface area contributed by atoms with Crippen molar-refractivity contribution in [3.05, 3.63) is 23.0 Å². The van der Waals surface area contributed by atoms with Crippen LogP contribution in [0.15, 0.2) is 12.3 Å². The monoisotopic (exact) mass is 288 g/mol. The van der Waals surface area contributed by atoms with Crippen molar-refractivity contribution in [2.75, 3.05) is 19.8 Å². The van der Waals surface area contributed by atoms with Crippen LogP contribution in [0.1, 0.15) is 30.4 Å². The number of carbonyl (C=O) groups is 2. The number of carbonyl (C=O) groups excluding carboxylic acids is 1. The number of aliphatic carboxylic acids is 1. The molecule has 7 heteroatoms. The first-order chi connectivity index (χ1) is 8.91. The molecular weight excluding hydrogens is 272 g/mol. The molecular formula is C12H17ClN2O4. The number of carboxylic acids is 1. The SMILES string of the molecule is CC(C)n1cc(Cl)cc1C(=O)NCCOCC(=O)O. The summed E-state index contributed by atoms with van der Waals surface area (Å²) in [6.07, 6.45) is 1.70. The predicted molar refractivity (Wildman–Crippen MR) is 70.6 cm³/mol. The maximum Gasteiger partial charge on any atom is 0.329 e. The highest BCUT2D eigenvalue weighted by molar-refractivity contribution is 6.31. The third-order valence-electron chi connectivity index (χ3n) is 2.36. The molecule has 0 aliphatic carbocycles. The maximum atomic E-state index is 11.9. The predicted octanol–water partition coefficient (Wildman–Crippen LogP) is 1.55. The van der Waals surface area contributed by atoms with Gasteiger partial charge in [-0.2, -0.15) is 0 Å². The fourth-order valence-corrected chi connectivity index (χ4v) is 1.75. The van der Waals surface area contributed by atoms with Crippen molar-refractivity contribution in [3.8, 4) is 0 Å². The zero-order valence-corrected chi connectivity index (χ0v) is 11.6. The summed E-state index contributed by atoms with van der Waals surface area (Å²) in [7, 11) is 0. The van der Waals surface area contributed by atoms with Crippen LogP contribution in [0.5, 0.6) is 0 Å². The molecule has 0 unspecified atom stereocenters. The molecule has 0 radical (unpaired) electrons. The van der Waals surface area contributed by atoms with Crippen LogP contribution in [0.4, 0.5) is 0 Å². The molecule has 0 atom stereocenters. The first kappa shape index (κ1) is 15.5. The Morgan fingerprint density at radius 1 is 1.53 bits per heavy atom. The normalized spacial score (nSPS) is 10.7. The van der Waals surface area contributed by atoms with Gasteiger partial charge in [0.15, 0.2) is 0 Å². The van der Waals surface area contributed by atoms with E-state index in [1.54, 1.807) is 16.8 Å². The van der Waals surface area contributed by atoms with Gasteiger partial charge in [-0.25, -0.2) is 4.79 Å². The van der Waals surface area contributed by atoms with Crippen LogP contribution in [0, 0.1) is 0 Å². The molecule has 2 N–H and O–H groups in total. The lowest BCUT2D eigenvalue weighted by molar-refractivity contribution is -0.142. The molecule has 106 valence electrons. The van der Waals surface area contributed by atoms with Crippen LogP contribution in [0.3, 0.4) is 0 Å². The second kappa shape index (κ2) is 7.16. The van der Waals surface area contributed by atoms with E-state index in [-0.39, 0.29) is 31.7 Å². The van der Waals surface area contributed by atoms with Crippen molar-refractivity contribution in [1.29, 1.82) is 0 Å². The Morgan fingerprint density at radius 2 is 2.21 bits per heavy atom. The Hall–Kier alpha value is -1.53. The average Bonchev–Trinajstić information content (AvgIpc) is 2.70. The number of nitrogens with zero attached hydrogens (tertiary/aromatic N) is 1. The summed E-state index contributed by atoms with van der Waals surface area (Å²) in [5, 5.41) is 11.5. The van der Waals surface area contributed by atoms with E-state index in [0.717, 1.165) is 0 Å². The molecule has 1 aromatic heterocycles. The van der Waals surface area contributed by atoms with Gasteiger partial charge in [-0.3, -0.25) is 4.79 Å². The molecule has 0 aromatic carbocycles. The van der Waals surface area contributed by atoms with Crippen molar-refractivity contribution in [2.45, 2.75) is 19.9 Å². The molecule has 0 saturated carbocycles. The van der Waals surface area contributed by atoms with E-state index in [0.29, 0.717) is 10.7 Å². The van der Waals surface area contributed by atoms with E-state index in [9.17, 15) is 9.59 Å². The number of hydrogen-bond acceptors (Lipinski definition) is 3. The van der Waals surface area contributed by atoms with Crippen molar-refractivity contribution in [1.82, 2.24) is 9.88 Å². The van der Waals surface area contributed by atoms with E-state index in [2.05, 4.69) is 5.32 Å². The zero-order valence-electron chi connectivity index (χ0n) is 10.9. The van der Waals surface area contributed by atoms with Gasteiger partial charge in [0.2, 0.25) is 0 Å². The molecule has 19 heavy (non-hydrogen) atoms. The summed E-state index contributed by atoms with van der Waals surface area (Å²) in [6, 6.07) is 1.71. The number of hydrogen-bond donors (Lipinski definition) is 2. The van der Waals surface area contributed by atoms with Crippen LogP contribution < -0.4 is 5.32 Å². The number of carboxylic acid groups (broad SMARTS) is 1. The number of rotatable bonds is 7. The fraction of sp³-hybridized carbons (Fsp3) is 0.500. The third-order valence-corrected chi connectivity index (χ3v) is 2.57. The lowest BCUT2D eigenvalue weighted by Gasteiger charge is -2.12. The summed E-state index contributed by atoms with van der Waals surface area (Å²) in [5.41, 5.74) is 0.471. The van der Waals surface area contributed by atoms with Gasteiger partial charge in [0.25, 0.3) is 5.91 Å². The Balaban J connectivity index is 2.47. The van der Waals surface area contributed by atoms with E-state index < -0.39 is 5.97 Å². The highest BCUT2D eigenvalue weighted by Crippen LogP contribution is 2.18. The minimum absolute atomic E-state index is 0.122. The van der Waals surface area contributed by atoms with Crippen molar-refractivity contribution in [2.24, 2.45) is 0 Å². The van der Waals surface area contributed by atoms with Gasteiger partial charge >= 0.3 is 5.97 Å². The quantitative estimate of drug-likeness (QED) is 0.746. The topological polar surface area (TPSA) is 80.6 Å². The number of ether oxygens (including phenoxy) is 1. The number of nitrogens with one attached hydrogen (secondary N) is 1. The summed E-state index contributed by atoms with van der Waals surface area (Å²) in [5.74, 6) is -1.30. The molecule has 0 saturated heterocycles. The minimum Gasteiger partial charge on any atom is -0.480 e. The van der Waals surface area contributed by atoms with Crippen molar-refractivity contribution in [3.63, 3.8) is 0 Å². The molecule has 1 aromatic rings. The Morgan fingerprint density at radius 3 is 2.79 bits per heavy atom. The van der Waals surface area contributed by atoms with E-state index >= 15 is 0 Å². The second-order valence-electron chi connectivity index (χ2n) is 4.25. The smallest absolute Gasteiger partial charge is 0.329 e. The lowest BCUT2D eigenvalue weighted by atomic mass is 10.3. The molecule has 0 aliphatic heterocycles. The molecule has 0 bridgehead atoms. The summed E-state index contributed by atoms with van der Waals surface area (Å²) in [4.78, 5) is 22.1. The molecule has 0 spiro atoms. The maximum absolute atomic E-state index is 11.9. The van der Waals surface area contributed by atoms with Gasteiger partial charge in [-0.15, -0.1) is 0 Å². The van der Waals surface area contributed by atoms with Gasteiger partial charge < -0.3 is 19.7 Å². The molecule has 1 amide bonds. The Bertz CT molecular complexity index is 457. The highest BCUT2D eigenvalue weighted by atomic mass is 35.5. The van der Waals surface area contributed by atoms with Gasteiger partial charge in [-0.05, 0) is 19.9 Å². The average molecular weight is 289 g/mol. The molecule has 1 heterocycles. The van der Waals surface area contributed by atoms with E-state index in [1.165, 1.54) is 0 Å². The highest BCUT2D eigenvalue weighted by Gasteiger charge is 2.14. The number of aromatic nitrogens is 1. The van der Waals surface area contributed by atoms with Gasteiger partial charge in [-0.1, -0.05) is 11.6 Å². The standard InChI is InChI=1S/C12H17ClN2O4/c1-8(2)15-6-9(13)5-10(15)12(18)14-3-4-19-7-11(16)17/h5-6,8H,3-4,7H2,1-2H3,(H,14,18)(H,16,17). The van der Waals surface area contributed by atoms with Gasteiger partial charge in [0.05, 0.1) is 11.6 Å². The van der Waals surface area contributed by atoms with Crippen LogP contribution in [0.25, 0.3) is 0 Å². The van der Waals surface area contributed by atoms with Gasteiger partial charge in [0.1, 0.15) is 12.3 Å². The second-order valence-corrected chi connectivity index (χ2v) is 4.68. The lowest BCUT2D eigenvalue weighted by Crippen LogP contribution is -2.29. The minimum atomic E-state index is -1.04. The zero-order chi connectivity index (χ0) is 14.4. The number of halogens is 1. The fourth-order valence-electron chi connectivity index (χ4n) is 1.54. The largest absolute Gasteiger partial charge is 0.480 e. The molecule has 6 nitrogen and oxygen atoms in total. The first-order valence-electron chi connectivity index (χ1n) is 5.87. The van der Waals surface area contributed by atoms with Crippen LogP contribution in [0.2, 0.25) is 5.02 Å². The molecule has 0 aliphatic rings. The third kappa shape index (κ3) is 4.92. The summed E-state index contributed by atoms with van der Waals surface area (Å²) >= 11 is 5.88. The van der Waals surface area contributed by atoms with E-state index in [4.69, 9.17) is 21.4 Å². The van der Waals surface area contributed by atoms with Crippen LogP contribution >= 0.6 is 11.6 Å². The molecule has 0 fully saturated rings. The van der Waals surface area contributed by atoms with Gasteiger partial charge in [0, 0.05) is 18.8 Å². The van der Waals surface area contributed by atoms with Crippen LogP contribution in [-0.2, 0) is 9.53 Å².